The van der Waals surface area contributed by atoms with Gasteiger partial charge in [-0.3, -0.25) is 9.59 Å². The molecule has 0 fully saturated rings. The number of carbonyl (C=O) groups excluding carboxylic acids is 2. The maximum atomic E-state index is 12.3. The fourth-order valence-electron chi connectivity index (χ4n) is 2.68. The molecule has 3 rings (SSSR count). The van der Waals surface area contributed by atoms with Crippen molar-refractivity contribution in [3.05, 3.63) is 76.7 Å². The maximum Gasteiger partial charge on any atom is 0.181 e. The molecular weight excluding hydrogens is 344 g/mol. The van der Waals surface area contributed by atoms with Crippen molar-refractivity contribution in [1.82, 2.24) is 0 Å². The van der Waals surface area contributed by atoms with Crippen molar-refractivity contribution in [1.29, 1.82) is 5.26 Å². The SMILES string of the molecule is CC(=O)c1sc(NCC(=O)c2ccccc2)c(C#N)c1-c1ccccc1. The summed E-state index contributed by atoms with van der Waals surface area (Å²) in [6.07, 6.45) is 0. The van der Waals surface area contributed by atoms with Crippen LogP contribution >= 0.6 is 11.3 Å². The molecule has 0 amide bonds. The molecule has 26 heavy (non-hydrogen) atoms. The third-order valence-corrected chi connectivity index (χ3v) is 5.16. The number of Topliss-reactive ketones (excluding diaryl/α,β-unsaturated/α-hetero) is 2. The van der Waals surface area contributed by atoms with Crippen molar-refractivity contribution in [2.45, 2.75) is 6.92 Å². The summed E-state index contributed by atoms with van der Waals surface area (Å²) in [4.78, 5) is 24.9. The zero-order valence-electron chi connectivity index (χ0n) is 14.2. The maximum absolute atomic E-state index is 12.3. The summed E-state index contributed by atoms with van der Waals surface area (Å²) in [5.74, 6) is -0.179. The average Bonchev–Trinajstić information content (AvgIpc) is 3.06. The molecule has 3 aromatic rings. The molecule has 0 aliphatic carbocycles. The second-order valence-corrected chi connectivity index (χ2v) is 6.71. The highest BCUT2D eigenvalue weighted by molar-refractivity contribution is 7.18. The van der Waals surface area contributed by atoms with E-state index in [1.165, 1.54) is 18.3 Å². The van der Waals surface area contributed by atoms with Crippen LogP contribution in [-0.4, -0.2) is 18.1 Å². The fourth-order valence-corrected chi connectivity index (χ4v) is 3.74. The minimum Gasteiger partial charge on any atom is -0.368 e. The van der Waals surface area contributed by atoms with Crippen LogP contribution in [0.3, 0.4) is 0 Å². The number of nitrogens with zero attached hydrogens (tertiary/aromatic N) is 1. The average molecular weight is 360 g/mol. The van der Waals surface area contributed by atoms with Gasteiger partial charge in [-0.25, -0.2) is 0 Å². The van der Waals surface area contributed by atoms with Crippen LogP contribution in [0.15, 0.2) is 60.7 Å². The largest absolute Gasteiger partial charge is 0.368 e. The van der Waals surface area contributed by atoms with Gasteiger partial charge in [0.15, 0.2) is 11.6 Å². The van der Waals surface area contributed by atoms with Crippen LogP contribution in [0.4, 0.5) is 5.00 Å². The Kier molecular flexibility index (Phi) is 5.26. The predicted molar refractivity (Wildman–Crippen MR) is 104 cm³/mol. The topological polar surface area (TPSA) is 70.0 Å². The molecule has 0 unspecified atom stereocenters. The molecule has 0 radical (unpaired) electrons. The lowest BCUT2D eigenvalue weighted by Gasteiger charge is -2.05. The normalized spacial score (nSPS) is 10.2. The van der Waals surface area contributed by atoms with Gasteiger partial charge in [0.05, 0.1) is 17.0 Å². The molecule has 0 spiro atoms. The summed E-state index contributed by atoms with van der Waals surface area (Å²) in [5.41, 5.74) is 2.44. The number of benzene rings is 2. The van der Waals surface area contributed by atoms with Gasteiger partial charge in [-0.1, -0.05) is 60.7 Å². The van der Waals surface area contributed by atoms with Crippen molar-refractivity contribution in [3.63, 3.8) is 0 Å². The Morgan fingerprint density at radius 1 is 1.04 bits per heavy atom. The van der Waals surface area contributed by atoms with Crippen LogP contribution in [0.1, 0.15) is 32.5 Å². The van der Waals surface area contributed by atoms with Gasteiger partial charge in [-0.05, 0) is 12.5 Å². The zero-order valence-corrected chi connectivity index (χ0v) is 15.0. The molecule has 0 aliphatic heterocycles. The minimum absolute atomic E-state index is 0.0603. The first-order valence-electron chi connectivity index (χ1n) is 8.07. The van der Waals surface area contributed by atoms with Gasteiger partial charge in [-0.2, -0.15) is 5.26 Å². The smallest absolute Gasteiger partial charge is 0.181 e. The molecule has 1 heterocycles. The zero-order chi connectivity index (χ0) is 18.5. The highest BCUT2D eigenvalue weighted by Crippen LogP contribution is 2.40. The number of carbonyl (C=O) groups is 2. The highest BCUT2D eigenvalue weighted by atomic mass is 32.1. The molecule has 1 aromatic heterocycles. The summed E-state index contributed by atoms with van der Waals surface area (Å²) in [5, 5.41) is 13.2. The van der Waals surface area contributed by atoms with E-state index in [0.29, 0.717) is 26.6 Å². The van der Waals surface area contributed by atoms with Crippen molar-refractivity contribution in [2.24, 2.45) is 0 Å². The molecule has 1 N–H and O–H groups in total. The third-order valence-electron chi connectivity index (χ3n) is 3.91. The van der Waals surface area contributed by atoms with E-state index in [4.69, 9.17) is 0 Å². The Labute approximate surface area is 155 Å². The standard InChI is InChI=1S/C21H16N2O2S/c1-14(24)20-19(16-10-6-3-7-11-16)17(12-22)21(26-20)23-13-18(25)15-8-4-2-5-9-15/h2-11,23H,13H2,1H3. The number of hydrogen-bond acceptors (Lipinski definition) is 5. The third kappa shape index (κ3) is 3.56. The van der Waals surface area contributed by atoms with Crippen molar-refractivity contribution >= 4 is 27.9 Å². The van der Waals surface area contributed by atoms with Crippen LogP contribution in [-0.2, 0) is 0 Å². The second kappa shape index (κ2) is 7.77. The van der Waals surface area contributed by atoms with Crippen molar-refractivity contribution in [2.75, 3.05) is 11.9 Å². The molecule has 0 saturated carbocycles. The number of hydrogen-bond donors (Lipinski definition) is 1. The Morgan fingerprint density at radius 2 is 1.65 bits per heavy atom. The predicted octanol–water partition coefficient (Wildman–Crippen LogP) is 4.78. The van der Waals surface area contributed by atoms with Gasteiger partial charge in [0.25, 0.3) is 0 Å². The van der Waals surface area contributed by atoms with E-state index >= 15 is 0 Å². The lowest BCUT2D eigenvalue weighted by Crippen LogP contribution is -2.13. The number of rotatable bonds is 6. The number of anilines is 1. The number of thiophene rings is 1. The van der Waals surface area contributed by atoms with Gasteiger partial charge in [0.2, 0.25) is 0 Å². The van der Waals surface area contributed by atoms with E-state index in [0.717, 1.165) is 5.56 Å². The van der Waals surface area contributed by atoms with Crippen LogP contribution in [0, 0.1) is 11.3 Å². The van der Waals surface area contributed by atoms with E-state index in [1.807, 2.05) is 36.4 Å². The van der Waals surface area contributed by atoms with E-state index < -0.39 is 0 Å². The van der Waals surface area contributed by atoms with Crippen LogP contribution in [0.5, 0.6) is 0 Å². The molecule has 0 bridgehead atoms. The first-order chi connectivity index (χ1) is 12.6. The molecule has 0 aliphatic rings. The van der Waals surface area contributed by atoms with Crippen molar-refractivity contribution < 1.29 is 9.59 Å². The van der Waals surface area contributed by atoms with Crippen LogP contribution in [0.25, 0.3) is 11.1 Å². The summed E-state index contributed by atoms with van der Waals surface area (Å²) < 4.78 is 0. The summed E-state index contributed by atoms with van der Waals surface area (Å²) in [6, 6.07) is 20.5. The van der Waals surface area contributed by atoms with Gasteiger partial charge < -0.3 is 5.32 Å². The lowest BCUT2D eigenvalue weighted by atomic mass is 10.0. The summed E-state index contributed by atoms with van der Waals surface area (Å²) in [7, 11) is 0. The van der Waals surface area contributed by atoms with Gasteiger partial charge in [0.1, 0.15) is 11.1 Å². The van der Waals surface area contributed by atoms with Crippen molar-refractivity contribution in [3.8, 4) is 17.2 Å². The molecule has 4 nitrogen and oxygen atoms in total. The molecule has 5 heteroatoms. The molecule has 0 atom stereocenters. The quantitative estimate of drug-likeness (QED) is 0.642. The molecule has 0 saturated heterocycles. The minimum atomic E-state index is -0.104. The summed E-state index contributed by atoms with van der Waals surface area (Å²) >= 11 is 1.22. The summed E-state index contributed by atoms with van der Waals surface area (Å²) in [6.45, 7) is 1.54. The van der Waals surface area contributed by atoms with E-state index in [9.17, 15) is 14.9 Å². The van der Waals surface area contributed by atoms with E-state index in [-0.39, 0.29) is 18.1 Å². The number of nitriles is 1. The fraction of sp³-hybridized carbons (Fsp3) is 0.0952. The Bertz CT molecular complexity index is 986. The molecule has 128 valence electrons. The number of ketones is 2. The van der Waals surface area contributed by atoms with Gasteiger partial charge >= 0.3 is 0 Å². The second-order valence-electron chi connectivity index (χ2n) is 5.69. The molecular formula is C21H16N2O2S. The van der Waals surface area contributed by atoms with E-state index in [2.05, 4.69) is 11.4 Å². The van der Waals surface area contributed by atoms with Gasteiger partial charge in [-0.15, -0.1) is 11.3 Å². The van der Waals surface area contributed by atoms with Crippen LogP contribution in [0.2, 0.25) is 0 Å². The monoisotopic (exact) mass is 360 g/mol. The Morgan fingerprint density at radius 3 is 2.23 bits per heavy atom. The first-order valence-corrected chi connectivity index (χ1v) is 8.89. The Hall–Kier alpha value is -3.23. The Balaban J connectivity index is 1.94. The highest BCUT2D eigenvalue weighted by Gasteiger charge is 2.22. The van der Waals surface area contributed by atoms with Gasteiger partial charge in [0, 0.05) is 11.1 Å². The van der Waals surface area contributed by atoms with E-state index in [1.54, 1.807) is 24.3 Å². The van der Waals surface area contributed by atoms with Crippen LogP contribution < -0.4 is 5.32 Å². The molecule has 2 aromatic carbocycles. The number of nitrogens with one attached hydrogen (secondary N) is 1. The first kappa shape index (κ1) is 17.6. The lowest BCUT2D eigenvalue weighted by molar-refractivity contribution is 0.100.